The molecule has 0 amide bonds. The lowest BCUT2D eigenvalue weighted by Gasteiger charge is -2.14. The number of nitrogens with zero attached hydrogens (tertiary/aromatic N) is 2. The summed E-state index contributed by atoms with van der Waals surface area (Å²) in [6.45, 7) is 3.56. The van der Waals surface area contributed by atoms with Gasteiger partial charge in [0.25, 0.3) is 0 Å². The number of benzene rings is 2. The van der Waals surface area contributed by atoms with Gasteiger partial charge in [-0.05, 0) is 68.1 Å². The van der Waals surface area contributed by atoms with Gasteiger partial charge >= 0.3 is 0 Å². The van der Waals surface area contributed by atoms with Gasteiger partial charge in [0, 0.05) is 39.6 Å². The third-order valence-corrected chi connectivity index (χ3v) is 5.91. The molecular weight excluding hydrogens is 387 g/mol. The first-order valence-corrected chi connectivity index (χ1v) is 10.6. The van der Waals surface area contributed by atoms with Crippen LogP contribution in [-0.2, 0) is 19.4 Å². The quantitative estimate of drug-likeness (QED) is 0.464. The fourth-order valence-electron chi connectivity index (χ4n) is 3.74. The molecule has 144 valence electrons. The van der Waals surface area contributed by atoms with E-state index in [1.54, 1.807) is 6.07 Å². The molecule has 2 aromatic carbocycles. The molecule has 0 radical (unpaired) electrons. The van der Waals surface area contributed by atoms with E-state index in [4.69, 9.17) is 23.2 Å². The minimum atomic E-state index is 0.643. The van der Waals surface area contributed by atoms with Crippen molar-refractivity contribution in [3.05, 3.63) is 87.7 Å². The monoisotopic (exact) mass is 410 g/mol. The Labute approximate surface area is 177 Å². The van der Waals surface area contributed by atoms with E-state index in [-0.39, 0.29) is 0 Å². The summed E-state index contributed by atoms with van der Waals surface area (Å²) in [6.07, 6.45) is 6.50. The predicted octanol–water partition coefficient (Wildman–Crippen LogP) is 6.44. The van der Waals surface area contributed by atoms with E-state index in [1.165, 1.54) is 37.1 Å². The standard InChI is InChI=1S/C24H24Cl2N2/c25-21-9-12-23(24(26)15-21)20-8-11-22(27-16-20)10-7-18-3-5-19(6-4-18)17-28-13-1-2-14-28/h3-6,8-9,11-12,15-16H,1-2,7,10,13-14,17H2. The molecule has 1 aromatic heterocycles. The highest BCUT2D eigenvalue weighted by Crippen LogP contribution is 2.30. The van der Waals surface area contributed by atoms with E-state index >= 15 is 0 Å². The molecule has 0 spiro atoms. The summed E-state index contributed by atoms with van der Waals surface area (Å²) in [5, 5.41) is 1.29. The number of rotatable bonds is 6. The third kappa shape index (κ3) is 4.94. The van der Waals surface area contributed by atoms with Crippen LogP contribution in [-0.4, -0.2) is 23.0 Å². The van der Waals surface area contributed by atoms with Crippen LogP contribution in [0.2, 0.25) is 10.0 Å². The Hall–Kier alpha value is -1.87. The SMILES string of the molecule is Clc1ccc(-c2ccc(CCc3ccc(CN4CCCC4)cc3)nc2)c(Cl)c1. The van der Waals surface area contributed by atoms with Crippen molar-refractivity contribution in [1.29, 1.82) is 0 Å². The maximum absolute atomic E-state index is 6.30. The average molecular weight is 411 g/mol. The van der Waals surface area contributed by atoms with Crippen LogP contribution >= 0.6 is 23.2 Å². The van der Waals surface area contributed by atoms with Crippen LogP contribution in [0.15, 0.2) is 60.8 Å². The Kier molecular flexibility index (Phi) is 6.31. The van der Waals surface area contributed by atoms with E-state index < -0.39 is 0 Å². The molecule has 4 rings (SSSR count). The van der Waals surface area contributed by atoms with Crippen molar-refractivity contribution < 1.29 is 0 Å². The minimum absolute atomic E-state index is 0.643. The second-order valence-electron chi connectivity index (χ2n) is 7.46. The molecule has 2 nitrogen and oxygen atoms in total. The first-order chi connectivity index (χ1) is 13.7. The van der Waals surface area contributed by atoms with Gasteiger partial charge in [-0.3, -0.25) is 9.88 Å². The second-order valence-corrected chi connectivity index (χ2v) is 8.31. The molecule has 0 atom stereocenters. The first-order valence-electron chi connectivity index (χ1n) is 9.88. The molecule has 0 saturated carbocycles. The van der Waals surface area contributed by atoms with Crippen LogP contribution < -0.4 is 0 Å². The van der Waals surface area contributed by atoms with Gasteiger partial charge in [0.15, 0.2) is 0 Å². The summed E-state index contributed by atoms with van der Waals surface area (Å²) in [6, 6.07) is 18.8. The summed E-state index contributed by atoms with van der Waals surface area (Å²) in [5.74, 6) is 0. The Morgan fingerprint density at radius 2 is 1.57 bits per heavy atom. The van der Waals surface area contributed by atoms with Gasteiger partial charge in [0.2, 0.25) is 0 Å². The molecule has 0 bridgehead atoms. The lowest BCUT2D eigenvalue weighted by molar-refractivity contribution is 0.331. The Bertz CT molecular complexity index is 914. The predicted molar refractivity (Wildman–Crippen MR) is 118 cm³/mol. The molecule has 1 aliphatic rings. The highest BCUT2D eigenvalue weighted by molar-refractivity contribution is 6.36. The minimum Gasteiger partial charge on any atom is -0.299 e. The fraction of sp³-hybridized carbons (Fsp3) is 0.292. The van der Waals surface area contributed by atoms with Crippen LogP contribution in [0, 0.1) is 0 Å². The van der Waals surface area contributed by atoms with Crippen molar-refractivity contribution in [2.45, 2.75) is 32.2 Å². The van der Waals surface area contributed by atoms with E-state index in [9.17, 15) is 0 Å². The molecule has 1 fully saturated rings. The van der Waals surface area contributed by atoms with Crippen LogP contribution in [0.25, 0.3) is 11.1 Å². The molecule has 0 unspecified atom stereocenters. The molecule has 1 saturated heterocycles. The van der Waals surface area contributed by atoms with E-state index in [2.05, 4.69) is 46.3 Å². The number of pyridine rings is 1. The molecular formula is C24H24Cl2N2. The highest BCUT2D eigenvalue weighted by atomic mass is 35.5. The van der Waals surface area contributed by atoms with E-state index in [0.29, 0.717) is 10.0 Å². The van der Waals surface area contributed by atoms with Crippen LogP contribution in [0.3, 0.4) is 0 Å². The fourth-order valence-corrected chi connectivity index (χ4v) is 4.26. The normalized spacial score (nSPS) is 14.5. The number of aryl methyl sites for hydroxylation is 2. The Morgan fingerprint density at radius 3 is 2.25 bits per heavy atom. The molecule has 28 heavy (non-hydrogen) atoms. The summed E-state index contributed by atoms with van der Waals surface area (Å²) in [5.41, 5.74) is 5.83. The third-order valence-electron chi connectivity index (χ3n) is 5.36. The van der Waals surface area contributed by atoms with E-state index in [0.717, 1.165) is 36.2 Å². The van der Waals surface area contributed by atoms with Gasteiger partial charge in [-0.2, -0.15) is 0 Å². The van der Waals surface area contributed by atoms with Crippen LogP contribution in [0.1, 0.15) is 29.7 Å². The van der Waals surface area contributed by atoms with Gasteiger partial charge in [0.1, 0.15) is 0 Å². The number of likely N-dealkylation sites (tertiary alicyclic amines) is 1. The molecule has 3 aromatic rings. The van der Waals surface area contributed by atoms with Crippen molar-refractivity contribution >= 4 is 23.2 Å². The molecule has 1 aliphatic heterocycles. The second kappa shape index (κ2) is 9.09. The van der Waals surface area contributed by atoms with Gasteiger partial charge < -0.3 is 0 Å². The maximum Gasteiger partial charge on any atom is 0.0499 e. The maximum atomic E-state index is 6.30. The van der Waals surface area contributed by atoms with Crippen molar-refractivity contribution in [2.75, 3.05) is 13.1 Å². The Balaban J connectivity index is 1.34. The summed E-state index contributed by atoms with van der Waals surface area (Å²) in [7, 11) is 0. The number of hydrogen-bond donors (Lipinski definition) is 0. The summed E-state index contributed by atoms with van der Waals surface area (Å²) >= 11 is 12.3. The van der Waals surface area contributed by atoms with Crippen LogP contribution in [0.4, 0.5) is 0 Å². The smallest absolute Gasteiger partial charge is 0.0499 e. The highest BCUT2D eigenvalue weighted by Gasteiger charge is 2.11. The van der Waals surface area contributed by atoms with Crippen molar-refractivity contribution in [2.24, 2.45) is 0 Å². The molecule has 0 aliphatic carbocycles. The zero-order valence-electron chi connectivity index (χ0n) is 15.9. The molecule has 0 N–H and O–H groups in total. The molecule has 2 heterocycles. The topological polar surface area (TPSA) is 16.1 Å². The van der Waals surface area contributed by atoms with E-state index in [1.807, 2.05) is 18.3 Å². The number of aromatic nitrogens is 1. The van der Waals surface area contributed by atoms with Crippen molar-refractivity contribution in [1.82, 2.24) is 9.88 Å². The van der Waals surface area contributed by atoms with Gasteiger partial charge in [-0.1, -0.05) is 59.6 Å². The van der Waals surface area contributed by atoms with Crippen LogP contribution in [0.5, 0.6) is 0 Å². The summed E-state index contributed by atoms with van der Waals surface area (Å²) < 4.78 is 0. The lowest BCUT2D eigenvalue weighted by atomic mass is 10.0. The largest absolute Gasteiger partial charge is 0.299 e. The number of halogens is 2. The molecule has 4 heteroatoms. The summed E-state index contributed by atoms with van der Waals surface area (Å²) in [4.78, 5) is 7.16. The Morgan fingerprint density at radius 1 is 0.821 bits per heavy atom. The van der Waals surface area contributed by atoms with Gasteiger partial charge in [-0.15, -0.1) is 0 Å². The van der Waals surface area contributed by atoms with Crippen molar-refractivity contribution in [3.63, 3.8) is 0 Å². The average Bonchev–Trinajstić information content (AvgIpc) is 3.21. The van der Waals surface area contributed by atoms with Gasteiger partial charge in [0.05, 0.1) is 0 Å². The number of hydrogen-bond acceptors (Lipinski definition) is 2. The first kappa shape index (κ1) is 19.4. The van der Waals surface area contributed by atoms with Gasteiger partial charge in [-0.25, -0.2) is 0 Å². The lowest BCUT2D eigenvalue weighted by Crippen LogP contribution is -2.18. The van der Waals surface area contributed by atoms with Crippen molar-refractivity contribution in [3.8, 4) is 11.1 Å². The zero-order valence-corrected chi connectivity index (χ0v) is 17.4. The zero-order chi connectivity index (χ0) is 19.3.